The molecule has 1 aromatic rings. The summed E-state index contributed by atoms with van der Waals surface area (Å²) in [5.74, 6) is -0.425. The minimum absolute atomic E-state index is 0.425. The fourth-order valence-electron chi connectivity index (χ4n) is 1.18. The minimum Gasteiger partial charge on any atom is -0.444 e. The Morgan fingerprint density at radius 2 is 2.19 bits per heavy atom. The minimum atomic E-state index is -0.576. The number of hydrogen-bond acceptors (Lipinski definition) is 4. The first-order valence-electron chi connectivity index (χ1n) is 4.91. The van der Waals surface area contributed by atoms with Crippen molar-refractivity contribution in [2.24, 2.45) is 5.73 Å². The molecule has 0 spiro atoms. The van der Waals surface area contributed by atoms with E-state index in [0.29, 0.717) is 0 Å². The van der Waals surface area contributed by atoms with Gasteiger partial charge in [-0.25, -0.2) is 4.79 Å². The molecule has 0 aromatic heterocycles. The van der Waals surface area contributed by atoms with E-state index >= 15 is 0 Å². The molecule has 0 heterocycles. The van der Waals surface area contributed by atoms with Gasteiger partial charge < -0.3 is 4.74 Å². The Morgan fingerprint density at radius 3 is 2.81 bits per heavy atom. The molecule has 0 aliphatic rings. The average molecular weight is 237 g/mol. The first-order chi connectivity index (χ1) is 7.63. The van der Waals surface area contributed by atoms with Crippen LogP contribution in [0.1, 0.15) is 12.5 Å². The van der Waals surface area contributed by atoms with Crippen molar-refractivity contribution in [2.45, 2.75) is 18.0 Å². The number of ether oxygens (including phenoxy) is 1. The van der Waals surface area contributed by atoms with Crippen LogP contribution < -0.4 is 5.73 Å². The van der Waals surface area contributed by atoms with Gasteiger partial charge in [0.15, 0.2) is 0 Å². The lowest BCUT2D eigenvalue weighted by Crippen LogP contribution is -2.22. The molecule has 0 saturated heterocycles. The van der Waals surface area contributed by atoms with Gasteiger partial charge in [0.1, 0.15) is 6.23 Å². The first-order valence-corrected chi connectivity index (χ1v) is 6.13. The van der Waals surface area contributed by atoms with Gasteiger partial charge in [0, 0.05) is 11.0 Å². The molecule has 0 amide bonds. The molecule has 1 rings (SSSR count). The zero-order valence-electron chi connectivity index (χ0n) is 9.34. The third kappa shape index (κ3) is 4.08. The molecule has 1 atom stereocenters. The first kappa shape index (κ1) is 12.8. The van der Waals surface area contributed by atoms with Crippen LogP contribution in [0.3, 0.4) is 0 Å². The van der Waals surface area contributed by atoms with E-state index in [2.05, 4.69) is 0 Å². The molecular formula is C12H15NO2S. The van der Waals surface area contributed by atoms with Gasteiger partial charge in [-0.2, -0.15) is 0 Å². The Morgan fingerprint density at radius 1 is 1.50 bits per heavy atom. The van der Waals surface area contributed by atoms with Crippen LogP contribution in [0.4, 0.5) is 0 Å². The Hall–Kier alpha value is -1.26. The van der Waals surface area contributed by atoms with Gasteiger partial charge in [-0.15, -0.1) is 11.8 Å². The van der Waals surface area contributed by atoms with Crippen LogP contribution in [0.15, 0.2) is 35.2 Å². The summed E-state index contributed by atoms with van der Waals surface area (Å²) in [6.07, 6.45) is 4.54. The fourth-order valence-corrected chi connectivity index (χ4v) is 1.77. The lowest BCUT2D eigenvalue weighted by Gasteiger charge is -2.04. The largest absolute Gasteiger partial charge is 0.444 e. The van der Waals surface area contributed by atoms with Gasteiger partial charge in [0.25, 0.3) is 0 Å². The van der Waals surface area contributed by atoms with Gasteiger partial charge in [-0.3, -0.25) is 5.73 Å². The molecule has 0 aliphatic heterocycles. The molecule has 4 heteroatoms. The second-order valence-corrected chi connectivity index (χ2v) is 4.07. The second-order valence-electron chi connectivity index (χ2n) is 3.22. The highest BCUT2D eigenvalue weighted by Crippen LogP contribution is 2.20. The number of carbonyl (C=O) groups excluding carboxylic acids is 1. The van der Waals surface area contributed by atoms with Crippen LogP contribution in [0.25, 0.3) is 6.08 Å². The van der Waals surface area contributed by atoms with Crippen molar-refractivity contribution >= 4 is 23.8 Å². The number of nitrogens with two attached hydrogens (primary N) is 1. The molecule has 86 valence electrons. The van der Waals surface area contributed by atoms with Crippen molar-refractivity contribution in [3.63, 3.8) is 0 Å². The summed E-state index contributed by atoms with van der Waals surface area (Å²) in [6, 6.07) is 7.84. The molecule has 16 heavy (non-hydrogen) atoms. The van der Waals surface area contributed by atoms with E-state index in [4.69, 9.17) is 10.5 Å². The van der Waals surface area contributed by atoms with E-state index in [1.165, 1.54) is 6.08 Å². The fraction of sp³-hybridized carbons (Fsp3) is 0.250. The molecule has 0 saturated carbocycles. The predicted octanol–water partition coefficient (Wildman–Crippen LogP) is 2.27. The third-order valence-corrected chi connectivity index (χ3v) is 2.65. The van der Waals surface area contributed by atoms with Crippen molar-refractivity contribution < 1.29 is 9.53 Å². The van der Waals surface area contributed by atoms with E-state index in [1.54, 1.807) is 24.8 Å². The number of thioether (sulfide) groups is 1. The van der Waals surface area contributed by atoms with Crippen molar-refractivity contribution in [1.29, 1.82) is 0 Å². The van der Waals surface area contributed by atoms with Crippen molar-refractivity contribution in [1.82, 2.24) is 0 Å². The lowest BCUT2D eigenvalue weighted by molar-refractivity contribution is -0.141. The van der Waals surface area contributed by atoms with Gasteiger partial charge in [-0.1, -0.05) is 18.2 Å². The summed E-state index contributed by atoms with van der Waals surface area (Å²) in [6.45, 7) is 1.61. The molecular weight excluding hydrogens is 222 g/mol. The zero-order valence-corrected chi connectivity index (χ0v) is 10.2. The van der Waals surface area contributed by atoms with Gasteiger partial charge in [-0.05, 0) is 30.9 Å². The van der Waals surface area contributed by atoms with Crippen LogP contribution in [0, 0.1) is 0 Å². The number of hydrogen-bond donors (Lipinski definition) is 1. The Kier molecular flexibility index (Phi) is 5.08. The Labute approximate surface area is 99.7 Å². The van der Waals surface area contributed by atoms with Gasteiger partial charge in [0.2, 0.25) is 0 Å². The Bertz CT molecular complexity index is 388. The number of rotatable bonds is 4. The zero-order chi connectivity index (χ0) is 12.0. The molecule has 0 radical (unpaired) electrons. The SMILES string of the molecule is CSc1ccccc1/C=C/C(=O)OC(C)N. The molecule has 1 aromatic carbocycles. The summed E-state index contributed by atoms with van der Waals surface area (Å²) in [5.41, 5.74) is 6.33. The summed E-state index contributed by atoms with van der Waals surface area (Å²) in [4.78, 5) is 12.3. The highest BCUT2D eigenvalue weighted by Gasteiger charge is 2.01. The summed E-state index contributed by atoms with van der Waals surface area (Å²) >= 11 is 1.63. The maximum atomic E-state index is 11.2. The maximum Gasteiger partial charge on any atom is 0.332 e. The normalized spacial score (nSPS) is 12.7. The standard InChI is InChI=1S/C12H15NO2S/c1-9(13)15-12(14)8-7-10-5-3-4-6-11(10)16-2/h3-9H,13H2,1-2H3/b8-7+. The Balaban J connectivity index is 2.72. The van der Waals surface area contributed by atoms with E-state index < -0.39 is 12.2 Å². The van der Waals surface area contributed by atoms with E-state index in [1.807, 2.05) is 30.5 Å². The topological polar surface area (TPSA) is 52.3 Å². The number of esters is 1. The van der Waals surface area contributed by atoms with Crippen LogP contribution in [0.2, 0.25) is 0 Å². The van der Waals surface area contributed by atoms with Crippen molar-refractivity contribution in [2.75, 3.05) is 6.26 Å². The van der Waals surface area contributed by atoms with Crippen LogP contribution >= 0.6 is 11.8 Å². The highest BCUT2D eigenvalue weighted by molar-refractivity contribution is 7.98. The monoisotopic (exact) mass is 237 g/mol. The summed E-state index contributed by atoms with van der Waals surface area (Å²) < 4.78 is 4.79. The van der Waals surface area contributed by atoms with E-state index in [0.717, 1.165) is 10.5 Å². The lowest BCUT2D eigenvalue weighted by atomic mass is 10.2. The smallest absolute Gasteiger partial charge is 0.332 e. The number of benzene rings is 1. The highest BCUT2D eigenvalue weighted by atomic mass is 32.2. The molecule has 0 aliphatic carbocycles. The van der Waals surface area contributed by atoms with Crippen molar-refractivity contribution in [3.8, 4) is 0 Å². The van der Waals surface area contributed by atoms with Gasteiger partial charge >= 0.3 is 5.97 Å². The molecule has 0 fully saturated rings. The van der Waals surface area contributed by atoms with Crippen LogP contribution in [-0.2, 0) is 9.53 Å². The molecule has 1 unspecified atom stereocenters. The van der Waals surface area contributed by atoms with Gasteiger partial charge in [0.05, 0.1) is 0 Å². The molecule has 0 bridgehead atoms. The second kappa shape index (κ2) is 6.35. The van der Waals surface area contributed by atoms with Crippen molar-refractivity contribution in [3.05, 3.63) is 35.9 Å². The summed E-state index contributed by atoms with van der Waals surface area (Å²) in [5, 5.41) is 0. The maximum absolute atomic E-state index is 11.2. The van der Waals surface area contributed by atoms with E-state index in [9.17, 15) is 4.79 Å². The third-order valence-electron chi connectivity index (χ3n) is 1.84. The average Bonchev–Trinajstić information content (AvgIpc) is 2.26. The molecule has 2 N–H and O–H groups in total. The molecule has 3 nitrogen and oxygen atoms in total. The summed E-state index contributed by atoms with van der Waals surface area (Å²) in [7, 11) is 0. The quantitative estimate of drug-likeness (QED) is 0.378. The van der Waals surface area contributed by atoms with Crippen LogP contribution in [-0.4, -0.2) is 18.5 Å². The predicted molar refractivity (Wildman–Crippen MR) is 67.0 cm³/mol. The van der Waals surface area contributed by atoms with Crippen LogP contribution in [0.5, 0.6) is 0 Å². The van der Waals surface area contributed by atoms with E-state index in [-0.39, 0.29) is 0 Å². The number of carbonyl (C=O) groups is 1.